The number of carbonyl (C=O) groups is 1. The summed E-state index contributed by atoms with van der Waals surface area (Å²) >= 11 is 0. The summed E-state index contributed by atoms with van der Waals surface area (Å²) in [7, 11) is 0. The number of aromatic nitrogens is 1. The monoisotopic (exact) mass is 437 g/mol. The first-order valence-corrected chi connectivity index (χ1v) is 11.4. The molecule has 2 aromatic rings. The summed E-state index contributed by atoms with van der Waals surface area (Å²) in [5.74, 6) is -1.27. The third-order valence-electron chi connectivity index (χ3n) is 7.17. The minimum Gasteiger partial charge on any atom is -0.396 e. The second-order valence-electron chi connectivity index (χ2n) is 9.03. The van der Waals surface area contributed by atoms with Crippen LogP contribution in [0.1, 0.15) is 48.5 Å². The van der Waals surface area contributed by atoms with Crippen molar-refractivity contribution >= 4 is 11.5 Å². The zero-order chi connectivity index (χ0) is 22.2. The van der Waals surface area contributed by atoms with Crippen LogP contribution in [0.5, 0.6) is 0 Å². The van der Waals surface area contributed by atoms with Crippen molar-refractivity contribution in [3.63, 3.8) is 0 Å². The summed E-state index contributed by atoms with van der Waals surface area (Å²) < 4.78 is 14.9. The Morgan fingerprint density at radius 1 is 1.19 bits per heavy atom. The molecule has 3 heterocycles. The van der Waals surface area contributed by atoms with E-state index in [1.165, 1.54) is 12.1 Å². The Kier molecular flexibility index (Phi) is 5.69. The van der Waals surface area contributed by atoms with Crippen LogP contribution in [-0.4, -0.2) is 28.2 Å². The molecule has 32 heavy (non-hydrogen) atoms. The number of halogens is 1. The highest BCUT2D eigenvalue weighted by Gasteiger charge is 2.50. The van der Waals surface area contributed by atoms with Gasteiger partial charge in [-0.1, -0.05) is 18.2 Å². The topological polar surface area (TPSA) is 83.4 Å². The molecule has 2 bridgehead atoms. The Balaban J connectivity index is 1.42. The van der Waals surface area contributed by atoms with E-state index in [4.69, 9.17) is 0 Å². The number of hydrogen-bond acceptors (Lipinski definition) is 4. The SMILES string of the molecule is O=C(NCc1ccc(F)cc1)[C@H]1[C@H](CO)[C@H]2Cn3c(ccc(C4=CCCCC4)c3=O)[C@@H]1N2. The van der Waals surface area contributed by atoms with E-state index in [0.29, 0.717) is 6.54 Å². The van der Waals surface area contributed by atoms with Crippen molar-refractivity contribution in [1.29, 1.82) is 0 Å². The number of nitrogens with one attached hydrogen (secondary N) is 2. The molecule has 1 aromatic heterocycles. The summed E-state index contributed by atoms with van der Waals surface area (Å²) in [6.45, 7) is 0.591. The summed E-state index contributed by atoms with van der Waals surface area (Å²) in [6.07, 6.45) is 6.37. The highest BCUT2D eigenvalue weighted by Crippen LogP contribution is 2.41. The normalized spacial score (nSPS) is 26.4. The van der Waals surface area contributed by atoms with Crippen LogP contribution in [0.25, 0.3) is 5.57 Å². The molecule has 4 atom stereocenters. The van der Waals surface area contributed by atoms with Crippen LogP contribution >= 0.6 is 0 Å². The van der Waals surface area contributed by atoms with Gasteiger partial charge in [-0.25, -0.2) is 4.39 Å². The Bertz CT molecular complexity index is 1110. The van der Waals surface area contributed by atoms with E-state index in [2.05, 4.69) is 16.7 Å². The number of fused-ring (bicyclic) bond motifs is 4. The average Bonchev–Trinajstić information content (AvgIpc) is 3.12. The molecule has 5 rings (SSSR count). The van der Waals surface area contributed by atoms with Gasteiger partial charge < -0.3 is 20.3 Å². The molecule has 1 aliphatic carbocycles. The largest absolute Gasteiger partial charge is 0.396 e. The molecule has 3 N–H and O–H groups in total. The van der Waals surface area contributed by atoms with E-state index < -0.39 is 5.92 Å². The summed E-state index contributed by atoms with van der Waals surface area (Å²) in [6, 6.07) is 9.39. The van der Waals surface area contributed by atoms with Gasteiger partial charge in [-0.15, -0.1) is 0 Å². The standard InChI is InChI=1S/C25H28FN3O3/c26-17-8-6-15(7-9-17)12-27-24(31)22-19(14-30)20-13-29-21(23(22)28-20)11-10-18(25(29)32)16-4-2-1-3-5-16/h4,6-11,19-20,22-23,28,30H,1-3,5,12-14H2,(H,27,31)/t19-,20-,22+,23+/m1/s1. The molecule has 7 heteroatoms. The number of rotatable bonds is 5. The first kappa shape index (κ1) is 21.1. The van der Waals surface area contributed by atoms with Gasteiger partial charge in [0, 0.05) is 42.9 Å². The second kappa shape index (κ2) is 8.64. The zero-order valence-corrected chi connectivity index (χ0v) is 17.9. The number of carbonyl (C=O) groups excluding carboxylic acids is 1. The lowest BCUT2D eigenvalue weighted by Crippen LogP contribution is -2.44. The van der Waals surface area contributed by atoms with E-state index in [0.717, 1.165) is 48.1 Å². The smallest absolute Gasteiger partial charge is 0.258 e. The quantitative estimate of drug-likeness (QED) is 0.671. The van der Waals surface area contributed by atoms with Gasteiger partial charge in [-0.2, -0.15) is 0 Å². The Hall–Kier alpha value is -2.77. The third-order valence-corrected chi connectivity index (χ3v) is 7.17. The fourth-order valence-electron chi connectivity index (χ4n) is 5.49. The number of aliphatic hydroxyl groups is 1. The van der Waals surface area contributed by atoms with Crippen molar-refractivity contribution < 1.29 is 14.3 Å². The molecule has 168 valence electrons. The Morgan fingerprint density at radius 3 is 2.72 bits per heavy atom. The fraction of sp³-hybridized carbons (Fsp3) is 0.440. The molecule has 0 unspecified atom stereocenters. The van der Waals surface area contributed by atoms with Gasteiger partial charge in [-0.05, 0) is 61.1 Å². The van der Waals surface area contributed by atoms with Crippen molar-refractivity contribution in [3.05, 3.63) is 75.5 Å². The summed E-state index contributed by atoms with van der Waals surface area (Å²) in [5.41, 5.74) is 3.47. The van der Waals surface area contributed by atoms with Crippen LogP contribution in [-0.2, 0) is 17.9 Å². The van der Waals surface area contributed by atoms with Crippen LogP contribution in [0.3, 0.4) is 0 Å². The van der Waals surface area contributed by atoms with Crippen molar-refractivity contribution in [3.8, 4) is 0 Å². The van der Waals surface area contributed by atoms with Crippen LogP contribution in [0, 0.1) is 17.7 Å². The van der Waals surface area contributed by atoms with Crippen molar-refractivity contribution in [2.24, 2.45) is 11.8 Å². The van der Waals surface area contributed by atoms with Crippen LogP contribution in [0.2, 0.25) is 0 Å². The minimum absolute atomic E-state index is 0.00351. The first-order valence-electron chi connectivity index (χ1n) is 11.4. The Labute approximate surface area is 186 Å². The third kappa shape index (κ3) is 3.69. The van der Waals surface area contributed by atoms with E-state index in [-0.39, 0.29) is 48.4 Å². The lowest BCUT2D eigenvalue weighted by atomic mass is 9.86. The highest BCUT2D eigenvalue weighted by molar-refractivity contribution is 5.80. The van der Waals surface area contributed by atoms with Gasteiger partial charge in [0.25, 0.3) is 5.56 Å². The van der Waals surface area contributed by atoms with Gasteiger partial charge in [0.1, 0.15) is 5.82 Å². The lowest BCUT2D eigenvalue weighted by Gasteiger charge is -2.28. The van der Waals surface area contributed by atoms with E-state index in [1.54, 1.807) is 16.7 Å². The molecular weight excluding hydrogens is 409 g/mol. The summed E-state index contributed by atoms with van der Waals surface area (Å²) in [5, 5.41) is 16.5. The molecule has 0 saturated carbocycles. The van der Waals surface area contributed by atoms with Gasteiger partial charge >= 0.3 is 0 Å². The van der Waals surface area contributed by atoms with E-state index in [9.17, 15) is 19.1 Å². The number of pyridine rings is 1. The van der Waals surface area contributed by atoms with Gasteiger partial charge in [0.2, 0.25) is 5.91 Å². The number of allylic oxidation sites excluding steroid dienone is 2. The molecule has 6 nitrogen and oxygen atoms in total. The number of nitrogens with zero attached hydrogens (tertiary/aromatic N) is 1. The van der Waals surface area contributed by atoms with E-state index >= 15 is 0 Å². The van der Waals surface area contributed by atoms with Crippen molar-refractivity contribution in [1.82, 2.24) is 15.2 Å². The van der Waals surface area contributed by atoms with Gasteiger partial charge in [-0.3, -0.25) is 9.59 Å². The fourth-order valence-corrected chi connectivity index (χ4v) is 5.49. The molecule has 3 aliphatic rings. The molecule has 1 amide bonds. The maximum atomic E-state index is 13.3. The average molecular weight is 438 g/mol. The van der Waals surface area contributed by atoms with Crippen molar-refractivity contribution in [2.45, 2.75) is 50.9 Å². The highest BCUT2D eigenvalue weighted by atomic mass is 19.1. The number of amides is 1. The first-order chi connectivity index (χ1) is 15.6. The van der Waals surface area contributed by atoms with Crippen LogP contribution < -0.4 is 16.2 Å². The predicted octanol–water partition coefficient (Wildman–Crippen LogP) is 2.51. The zero-order valence-electron chi connectivity index (χ0n) is 17.9. The van der Waals surface area contributed by atoms with E-state index in [1.807, 2.05) is 12.1 Å². The molecule has 0 radical (unpaired) electrons. The maximum Gasteiger partial charge on any atom is 0.258 e. The maximum absolute atomic E-state index is 13.3. The molecule has 0 spiro atoms. The Morgan fingerprint density at radius 2 is 2.00 bits per heavy atom. The summed E-state index contributed by atoms with van der Waals surface area (Å²) in [4.78, 5) is 26.5. The molecule has 1 saturated heterocycles. The minimum atomic E-state index is -0.488. The van der Waals surface area contributed by atoms with Crippen LogP contribution in [0.15, 0.2) is 47.3 Å². The number of aliphatic hydroxyl groups excluding tert-OH is 1. The van der Waals surface area contributed by atoms with Gasteiger partial charge in [0.15, 0.2) is 0 Å². The molecule has 1 aromatic carbocycles. The molecule has 2 aliphatic heterocycles. The van der Waals surface area contributed by atoms with Crippen LogP contribution in [0.4, 0.5) is 4.39 Å². The lowest BCUT2D eigenvalue weighted by molar-refractivity contribution is -0.127. The predicted molar refractivity (Wildman–Crippen MR) is 119 cm³/mol. The molecular formula is C25H28FN3O3. The number of benzene rings is 1. The van der Waals surface area contributed by atoms with Crippen molar-refractivity contribution in [2.75, 3.05) is 6.61 Å². The second-order valence-corrected chi connectivity index (χ2v) is 9.03. The number of hydrogen-bond donors (Lipinski definition) is 3. The van der Waals surface area contributed by atoms with Gasteiger partial charge in [0.05, 0.1) is 12.0 Å². The molecule has 1 fully saturated rings.